The topological polar surface area (TPSA) is 131 Å². The highest BCUT2D eigenvalue weighted by Crippen LogP contribution is 2.30. The fourth-order valence-corrected chi connectivity index (χ4v) is 6.11. The van der Waals surface area contributed by atoms with Crippen LogP contribution in [0.1, 0.15) is 24.5 Å². The molecule has 0 aromatic heterocycles. The molecular weight excluding hydrogens is 550 g/mol. The number of carbonyl (C=O) groups excluding carboxylic acids is 3. The standard InChI is InChI=1S/C28H33N5O5S2/c1-17-29-21(16-40-17)26(35)32(2)25-27(36)33(15-23(34)30-20(28(37)38)13-14-39-3)22-12-8-7-11-19(22)24(31-25)18-9-5-4-6-10-18/h4-12,17,20-21,25,29H,13-16H2,1-3H3,(H,30,34)(H,37,38)/t17?,20-,21?,25?/m0/s1. The number of carbonyl (C=O) groups is 4. The van der Waals surface area contributed by atoms with Crippen LogP contribution in [0.5, 0.6) is 0 Å². The summed E-state index contributed by atoms with van der Waals surface area (Å²) in [5.41, 5.74) is 2.35. The minimum Gasteiger partial charge on any atom is -0.480 e. The lowest BCUT2D eigenvalue weighted by molar-refractivity contribution is -0.142. The first-order valence-corrected chi connectivity index (χ1v) is 15.3. The van der Waals surface area contributed by atoms with Gasteiger partial charge in [0.2, 0.25) is 18.0 Å². The smallest absolute Gasteiger partial charge is 0.326 e. The lowest BCUT2D eigenvalue weighted by atomic mass is 10.0. The van der Waals surface area contributed by atoms with Crippen molar-refractivity contribution in [1.82, 2.24) is 15.5 Å². The van der Waals surface area contributed by atoms with E-state index in [1.807, 2.05) is 55.6 Å². The Balaban J connectivity index is 1.73. The highest BCUT2D eigenvalue weighted by atomic mass is 32.2. The summed E-state index contributed by atoms with van der Waals surface area (Å²) in [5.74, 6) is -1.46. The Bertz CT molecular complexity index is 1290. The third-order valence-electron chi connectivity index (χ3n) is 6.74. The summed E-state index contributed by atoms with van der Waals surface area (Å²) in [6, 6.07) is 14.9. The molecule has 1 saturated heterocycles. The minimum atomic E-state index is -1.24. The van der Waals surface area contributed by atoms with E-state index in [2.05, 4.69) is 10.6 Å². The number of carboxylic acids is 1. The van der Waals surface area contributed by atoms with Gasteiger partial charge in [-0.2, -0.15) is 11.8 Å². The van der Waals surface area contributed by atoms with E-state index in [1.165, 1.54) is 21.6 Å². The monoisotopic (exact) mass is 583 g/mol. The fourth-order valence-electron chi connectivity index (χ4n) is 4.66. The second kappa shape index (κ2) is 13.3. The Kier molecular flexibility index (Phi) is 9.88. The zero-order valence-electron chi connectivity index (χ0n) is 22.6. The van der Waals surface area contributed by atoms with Crippen molar-refractivity contribution in [1.29, 1.82) is 0 Å². The van der Waals surface area contributed by atoms with E-state index in [4.69, 9.17) is 4.99 Å². The van der Waals surface area contributed by atoms with E-state index in [9.17, 15) is 24.3 Å². The third kappa shape index (κ3) is 6.68. The van der Waals surface area contributed by atoms with E-state index >= 15 is 0 Å². The molecule has 3 amide bonds. The SMILES string of the molecule is CSCC[C@H](NC(=O)CN1C(=O)C(N(C)C(=O)C2CSC(C)N2)N=C(c2ccccc2)c2ccccc21)C(=O)O. The molecule has 4 atom stereocenters. The highest BCUT2D eigenvalue weighted by molar-refractivity contribution is 8.00. The summed E-state index contributed by atoms with van der Waals surface area (Å²) < 4.78 is 0. The lowest BCUT2D eigenvalue weighted by Gasteiger charge is -2.30. The van der Waals surface area contributed by atoms with Gasteiger partial charge in [0.25, 0.3) is 5.91 Å². The maximum atomic E-state index is 14.1. The van der Waals surface area contributed by atoms with Crippen LogP contribution in [0.15, 0.2) is 59.6 Å². The highest BCUT2D eigenvalue weighted by Gasteiger charge is 2.40. The number of aliphatic imine (C=N–C) groups is 1. The van der Waals surface area contributed by atoms with E-state index in [1.54, 1.807) is 30.9 Å². The largest absolute Gasteiger partial charge is 0.480 e. The number of rotatable bonds is 10. The molecule has 212 valence electrons. The number of amides is 3. The molecule has 0 radical (unpaired) electrons. The molecule has 2 aliphatic heterocycles. The van der Waals surface area contributed by atoms with E-state index in [-0.39, 0.29) is 17.7 Å². The predicted molar refractivity (Wildman–Crippen MR) is 159 cm³/mol. The molecule has 0 saturated carbocycles. The first kappa shape index (κ1) is 29.6. The number of hydrogen-bond donors (Lipinski definition) is 3. The average molecular weight is 584 g/mol. The molecule has 4 rings (SSSR count). The van der Waals surface area contributed by atoms with Gasteiger partial charge in [-0.25, -0.2) is 9.79 Å². The number of thioether (sulfide) groups is 2. The van der Waals surface area contributed by atoms with Gasteiger partial charge in [0.1, 0.15) is 12.6 Å². The summed E-state index contributed by atoms with van der Waals surface area (Å²) >= 11 is 3.10. The maximum absolute atomic E-state index is 14.1. The molecule has 2 aliphatic rings. The van der Waals surface area contributed by atoms with Crippen LogP contribution in [0, 0.1) is 0 Å². The van der Waals surface area contributed by atoms with Crippen molar-refractivity contribution in [3.8, 4) is 0 Å². The zero-order valence-corrected chi connectivity index (χ0v) is 24.2. The van der Waals surface area contributed by atoms with Gasteiger partial charge in [0, 0.05) is 23.9 Å². The molecule has 2 aromatic carbocycles. The lowest BCUT2D eigenvalue weighted by Crippen LogP contribution is -2.55. The Morgan fingerprint density at radius 2 is 1.90 bits per heavy atom. The quantitative estimate of drug-likeness (QED) is 0.387. The molecule has 40 heavy (non-hydrogen) atoms. The van der Waals surface area contributed by atoms with Crippen LogP contribution in [0.4, 0.5) is 5.69 Å². The number of nitrogens with zero attached hydrogens (tertiary/aromatic N) is 3. The molecule has 2 heterocycles. The van der Waals surface area contributed by atoms with Gasteiger partial charge >= 0.3 is 5.97 Å². The number of hydrogen-bond acceptors (Lipinski definition) is 8. The number of benzodiazepines with no additional fused rings is 1. The van der Waals surface area contributed by atoms with Gasteiger partial charge in [-0.05, 0) is 31.4 Å². The van der Waals surface area contributed by atoms with Crippen molar-refractivity contribution in [2.24, 2.45) is 4.99 Å². The molecular formula is C28H33N5O5S2. The van der Waals surface area contributed by atoms with E-state index in [0.29, 0.717) is 28.5 Å². The van der Waals surface area contributed by atoms with Crippen molar-refractivity contribution in [3.63, 3.8) is 0 Å². The van der Waals surface area contributed by atoms with Crippen molar-refractivity contribution in [2.45, 2.75) is 37.0 Å². The summed E-state index contributed by atoms with van der Waals surface area (Å²) in [6.45, 7) is 1.55. The molecule has 0 bridgehead atoms. The molecule has 12 heteroatoms. The van der Waals surface area contributed by atoms with Crippen molar-refractivity contribution in [2.75, 3.05) is 36.3 Å². The third-order valence-corrected chi connectivity index (χ3v) is 8.55. The zero-order chi connectivity index (χ0) is 28.8. The summed E-state index contributed by atoms with van der Waals surface area (Å²) in [7, 11) is 1.55. The second-order valence-electron chi connectivity index (χ2n) is 9.54. The van der Waals surface area contributed by atoms with Gasteiger partial charge in [-0.1, -0.05) is 48.5 Å². The van der Waals surface area contributed by atoms with Crippen LogP contribution < -0.4 is 15.5 Å². The molecule has 0 spiro atoms. The van der Waals surface area contributed by atoms with E-state index < -0.39 is 42.6 Å². The Labute approximate surface area is 242 Å². The molecule has 0 aliphatic carbocycles. The van der Waals surface area contributed by atoms with Crippen LogP contribution in [0.25, 0.3) is 0 Å². The number of fused-ring (bicyclic) bond motifs is 1. The van der Waals surface area contributed by atoms with Gasteiger partial charge in [0.15, 0.2) is 0 Å². The first-order chi connectivity index (χ1) is 19.2. The van der Waals surface area contributed by atoms with Crippen LogP contribution in [-0.4, -0.2) is 94.4 Å². The number of benzene rings is 2. The predicted octanol–water partition coefficient (Wildman–Crippen LogP) is 2.03. The fraction of sp³-hybridized carbons (Fsp3) is 0.393. The molecule has 10 nitrogen and oxygen atoms in total. The maximum Gasteiger partial charge on any atom is 0.326 e. The van der Waals surface area contributed by atoms with Crippen molar-refractivity contribution >= 4 is 58.6 Å². The molecule has 3 N–H and O–H groups in total. The average Bonchev–Trinajstić information content (AvgIpc) is 3.35. The normalized spacial score (nSPS) is 21.2. The molecule has 2 aromatic rings. The van der Waals surface area contributed by atoms with Gasteiger partial charge in [-0.3, -0.25) is 24.6 Å². The summed E-state index contributed by atoms with van der Waals surface area (Å²) in [5, 5.41) is 15.5. The minimum absolute atomic E-state index is 0.105. The van der Waals surface area contributed by atoms with Crippen molar-refractivity contribution in [3.05, 3.63) is 65.7 Å². The Morgan fingerprint density at radius 3 is 2.55 bits per heavy atom. The first-order valence-electron chi connectivity index (χ1n) is 12.9. The Morgan fingerprint density at radius 1 is 1.20 bits per heavy atom. The number of nitrogens with one attached hydrogen (secondary N) is 2. The summed E-state index contributed by atoms with van der Waals surface area (Å²) in [4.78, 5) is 60.0. The Hall–Kier alpha value is -3.35. The number of likely N-dealkylation sites (N-methyl/N-ethyl adjacent to an activating group) is 1. The van der Waals surface area contributed by atoms with Gasteiger partial charge < -0.3 is 15.3 Å². The number of carboxylic acid groups (broad SMARTS) is 1. The number of para-hydroxylation sites is 1. The second-order valence-corrected chi connectivity index (χ2v) is 11.9. The van der Waals surface area contributed by atoms with Crippen LogP contribution in [0.3, 0.4) is 0 Å². The van der Waals surface area contributed by atoms with E-state index in [0.717, 1.165) is 5.56 Å². The van der Waals surface area contributed by atoms with Crippen LogP contribution in [-0.2, 0) is 19.2 Å². The number of anilines is 1. The summed E-state index contributed by atoms with van der Waals surface area (Å²) in [6.07, 6.45) is 0.868. The van der Waals surface area contributed by atoms with Gasteiger partial charge in [-0.15, -0.1) is 11.8 Å². The molecule has 1 fully saturated rings. The van der Waals surface area contributed by atoms with Crippen LogP contribution in [0.2, 0.25) is 0 Å². The number of aliphatic carboxylic acids is 1. The molecule has 3 unspecified atom stereocenters. The van der Waals surface area contributed by atoms with Gasteiger partial charge in [0.05, 0.1) is 22.8 Å². The van der Waals surface area contributed by atoms with Crippen LogP contribution >= 0.6 is 23.5 Å². The van der Waals surface area contributed by atoms with Crippen molar-refractivity contribution < 1.29 is 24.3 Å².